The number of carbonyl (C=O) groups excluding carboxylic acids is 1. The average Bonchev–Trinajstić information content (AvgIpc) is 2.86. The molecule has 11 heteroatoms. The first-order valence-electron chi connectivity index (χ1n) is 11.8. The molecule has 1 aliphatic heterocycles. The average molecular weight is 498 g/mol. The molecule has 1 saturated heterocycles. The first-order chi connectivity index (χ1) is 17.0. The Bertz CT molecular complexity index is 1170. The van der Waals surface area contributed by atoms with E-state index in [-0.39, 0.29) is 6.04 Å². The molecular formula is C24H28ClN7O3. The quantitative estimate of drug-likeness (QED) is 0.346. The molecule has 0 spiro atoms. The molecule has 1 saturated carbocycles. The van der Waals surface area contributed by atoms with E-state index in [9.17, 15) is 9.90 Å². The maximum atomic E-state index is 12.1. The van der Waals surface area contributed by atoms with Gasteiger partial charge in [-0.25, -0.2) is 19.9 Å². The van der Waals surface area contributed by atoms with Gasteiger partial charge >= 0.3 is 0 Å². The van der Waals surface area contributed by atoms with Gasteiger partial charge in [-0.3, -0.25) is 4.79 Å². The van der Waals surface area contributed by atoms with Gasteiger partial charge in [-0.1, -0.05) is 11.6 Å². The summed E-state index contributed by atoms with van der Waals surface area (Å²) in [5.41, 5.74) is 1.07. The molecule has 184 valence electrons. The van der Waals surface area contributed by atoms with Crippen molar-refractivity contribution in [1.29, 1.82) is 0 Å². The summed E-state index contributed by atoms with van der Waals surface area (Å²) in [5.74, 6) is 1.35. The minimum atomic E-state index is -1.29. The number of nitrogens with zero attached hydrogens (tertiary/aromatic N) is 4. The van der Waals surface area contributed by atoms with Gasteiger partial charge in [0.15, 0.2) is 11.3 Å². The van der Waals surface area contributed by atoms with Crippen molar-refractivity contribution in [2.45, 2.75) is 43.9 Å². The molecule has 3 aromatic heterocycles. The summed E-state index contributed by atoms with van der Waals surface area (Å²) in [6.07, 6.45) is 7.58. The molecule has 10 nitrogen and oxygen atoms in total. The largest absolute Gasteiger partial charge is 0.378 e. The lowest BCUT2D eigenvalue weighted by molar-refractivity contribution is -0.133. The molecule has 1 aliphatic carbocycles. The highest BCUT2D eigenvalue weighted by molar-refractivity contribution is 6.33. The van der Waals surface area contributed by atoms with E-state index in [4.69, 9.17) is 16.3 Å². The van der Waals surface area contributed by atoms with Crippen molar-refractivity contribution in [2.24, 2.45) is 5.92 Å². The number of ether oxygens (including phenoxy) is 1. The highest BCUT2D eigenvalue weighted by Gasteiger charge is 2.26. The molecule has 0 unspecified atom stereocenters. The molecule has 5 rings (SSSR count). The van der Waals surface area contributed by atoms with Crippen LogP contribution in [0.1, 0.15) is 37.4 Å². The number of anilines is 2. The van der Waals surface area contributed by atoms with E-state index in [2.05, 4.69) is 35.9 Å². The topological polar surface area (TPSA) is 134 Å². The lowest BCUT2D eigenvalue weighted by Gasteiger charge is -2.29. The zero-order chi connectivity index (χ0) is 24.2. The molecule has 0 aromatic carbocycles. The van der Waals surface area contributed by atoms with Crippen LogP contribution >= 0.6 is 11.6 Å². The maximum Gasteiger partial charge on any atom is 0.253 e. The Kier molecular flexibility index (Phi) is 7.21. The summed E-state index contributed by atoms with van der Waals surface area (Å²) in [6, 6.07) is 6.21. The second-order valence-corrected chi connectivity index (χ2v) is 9.46. The van der Waals surface area contributed by atoms with E-state index >= 15 is 0 Å². The van der Waals surface area contributed by atoms with E-state index < -0.39 is 12.0 Å². The molecule has 1 amide bonds. The fraction of sp³-hybridized carbons (Fsp3) is 0.458. The minimum absolute atomic E-state index is 0.0380. The molecule has 3 aromatic rings. The van der Waals surface area contributed by atoms with Crippen molar-refractivity contribution in [2.75, 3.05) is 30.4 Å². The van der Waals surface area contributed by atoms with Crippen molar-refractivity contribution in [3.8, 4) is 0 Å². The molecule has 0 bridgehead atoms. The Morgan fingerprint density at radius 3 is 2.57 bits per heavy atom. The van der Waals surface area contributed by atoms with E-state index in [1.807, 2.05) is 18.2 Å². The summed E-state index contributed by atoms with van der Waals surface area (Å²) in [6.45, 7) is 1.72. The third-order valence-corrected chi connectivity index (χ3v) is 6.81. The number of aliphatic hydroxyl groups excluding tert-OH is 1. The van der Waals surface area contributed by atoms with Gasteiger partial charge in [-0.2, -0.15) is 0 Å². The van der Waals surface area contributed by atoms with Crippen molar-refractivity contribution < 1.29 is 14.6 Å². The van der Waals surface area contributed by atoms with Crippen LogP contribution in [0.4, 0.5) is 11.8 Å². The standard InChI is InChI=1S/C24H28ClN7O3/c25-22-20-15(7-8-26-22)3-6-19(32-20)30-17-4-1-14(2-5-17)9-27-24-28-10-16(11-29-24)21(33)23(34)31-18-12-35-13-18/h3,6-8,10-11,14,17-18,21,33H,1-2,4-5,9,12-13H2,(H,30,32)(H,31,34)(H,27,28,29)/t14?,17?,21-/m0/s1. The van der Waals surface area contributed by atoms with Gasteiger partial charge in [0.1, 0.15) is 11.3 Å². The van der Waals surface area contributed by atoms with Gasteiger partial charge in [-0.05, 0) is 49.8 Å². The monoisotopic (exact) mass is 497 g/mol. The zero-order valence-electron chi connectivity index (χ0n) is 19.2. The van der Waals surface area contributed by atoms with Crippen LogP contribution in [0.2, 0.25) is 5.15 Å². The van der Waals surface area contributed by atoms with Crippen LogP contribution in [-0.2, 0) is 9.53 Å². The molecule has 4 heterocycles. The summed E-state index contributed by atoms with van der Waals surface area (Å²) >= 11 is 6.19. The Morgan fingerprint density at radius 1 is 1.09 bits per heavy atom. The molecule has 1 atom stereocenters. The number of hydrogen-bond donors (Lipinski definition) is 4. The van der Waals surface area contributed by atoms with Crippen molar-refractivity contribution in [3.63, 3.8) is 0 Å². The van der Waals surface area contributed by atoms with E-state index in [0.29, 0.717) is 47.4 Å². The normalized spacial score (nSPS) is 21.2. The Morgan fingerprint density at radius 2 is 1.86 bits per heavy atom. The highest BCUT2D eigenvalue weighted by atomic mass is 35.5. The predicted octanol–water partition coefficient (Wildman–Crippen LogP) is 2.70. The lowest BCUT2D eigenvalue weighted by Crippen LogP contribution is -2.50. The smallest absolute Gasteiger partial charge is 0.253 e. The first kappa shape index (κ1) is 23.7. The van der Waals surface area contributed by atoms with Crippen LogP contribution in [-0.4, -0.2) is 62.8 Å². The Balaban J connectivity index is 1.06. The van der Waals surface area contributed by atoms with Crippen molar-refractivity contribution in [1.82, 2.24) is 25.3 Å². The molecule has 35 heavy (non-hydrogen) atoms. The fourth-order valence-electron chi connectivity index (χ4n) is 4.37. The number of nitrogens with one attached hydrogen (secondary N) is 3. The van der Waals surface area contributed by atoms with E-state index in [0.717, 1.165) is 43.4 Å². The van der Waals surface area contributed by atoms with Crippen molar-refractivity contribution >= 4 is 40.2 Å². The number of pyridine rings is 2. The van der Waals surface area contributed by atoms with Crippen LogP contribution in [0.5, 0.6) is 0 Å². The second-order valence-electron chi connectivity index (χ2n) is 9.10. The molecule has 2 aliphatic rings. The third kappa shape index (κ3) is 5.77. The van der Waals surface area contributed by atoms with Gasteiger partial charge in [0, 0.05) is 42.1 Å². The molecule has 2 fully saturated rings. The Labute approximate surface area is 207 Å². The van der Waals surface area contributed by atoms with Gasteiger partial charge in [0.25, 0.3) is 5.91 Å². The number of aromatic nitrogens is 4. The van der Waals surface area contributed by atoms with E-state index in [1.165, 1.54) is 12.4 Å². The zero-order valence-corrected chi connectivity index (χ0v) is 19.9. The van der Waals surface area contributed by atoms with Crippen LogP contribution in [0.3, 0.4) is 0 Å². The van der Waals surface area contributed by atoms with Crippen LogP contribution in [0.25, 0.3) is 10.9 Å². The summed E-state index contributed by atoms with van der Waals surface area (Å²) in [5, 5.41) is 21.1. The number of amides is 1. The first-order valence-corrected chi connectivity index (χ1v) is 12.2. The number of halogens is 1. The summed E-state index contributed by atoms with van der Waals surface area (Å²) in [4.78, 5) is 29.3. The summed E-state index contributed by atoms with van der Waals surface area (Å²) in [7, 11) is 0. The molecule has 0 radical (unpaired) electrons. The van der Waals surface area contributed by atoms with Crippen LogP contribution < -0.4 is 16.0 Å². The number of rotatable bonds is 8. The van der Waals surface area contributed by atoms with Gasteiger partial charge < -0.3 is 25.8 Å². The number of hydrogen-bond acceptors (Lipinski definition) is 9. The molecule has 4 N–H and O–H groups in total. The summed E-state index contributed by atoms with van der Waals surface area (Å²) < 4.78 is 5.02. The Hall–Kier alpha value is -3.08. The predicted molar refractivity (Wildman–Crippen MR) is 132 cm³/mol. The van der Waals surface area contributed by atoms with Gasteiger partial charge in [-0.15, -0.1) is 0 Å². The second kappa shape index (κ2) is 10.7. The molecular weight excluding hydrogens is 470 g/mol. The van der Waals surface area contributed by atoms with Gasteiger partial charge in [0.2, 0.25) is 5.95 Å². The SMILES string of the molecule is O=C(NC1COC1)[C@@H](O)c1cnc(NCC2CCC(Nc3ccc4ccnc(Cl)c4n3)CC2)nc1. The fourth-order valence-corrected chi connectivity index (χ4v) is 4.58. The van der Waals surface area contributed by atoms with Crippen LogP contribution in [0.15, 0.2) is 36.8 Å². The van der Waals surface area contributed by atoms with Gasteiger partial charge in [0.05, 0.1) is 19.3 Å². The van der Waals surface area contributed by atoms with E-state index in [1.54, 1.807) is 6.20 Å². The highest BCUT2D eigenvalue weighted by Crippen LogP contribution is 2.28. The third-order valence-electron chi connectivity index (χ3n) is 6.53. The number of fused-ring (bicyclic) bond motifs is 1. The number of aliphatic hydroxyl groups is 1. The van der Waals surface area contributed by atoms with Crippen molar-refractivity contribution in [3.05, 3.63) is 47.5 Å². The maximum absolute atomic E-state index is 12.1. The van der Waals surface area contributed by atoms with Crippen LogP contribution in [0, 0.1) is 5.92 Å². The number of carbonyl (C=O) groups is 1. The minimum Gasteiger partial charge on any atom is -0.378 e. The lowest BCUT2D eigenvalue weighted by atomic mass is 9.86.